The van der Waals surface area contributed by atoms with Crippen LogP contribution in [0.25, 0.3) is 0 Å². The average molecular weight is 280 g/mol. The van der Waals surface area contributed by atoms with Crippen LogP contribution in [-0.2, 0) is 9.59 Å². The second-order valence-electron chi connectivity index (χ2n) is 4.36. The molecule has 0 spiro atoms. The van der Waals surface area contributed by atoms with E-state index < -0.39 is 17.8 Å². The number of benzene rings is 1. The Morgan fingerprint density at radius 3 is 2.70 bits per heavy atom. The van der Waals surface area contributed by atoms with Crippen molar-refractivity contribution in [3.63, 3.8) is 0 Å². The molecule has 1 aromatic rings. The fourth-order valence-electron chi connectivity index (χ4n) is 1.65. The zero-order chi connectivity index (χ0) is 15.1. The Morgan fingerprint density at radius 2 is 2.10 bits per heavy atom. The van der Waals surface area contributed by atoms with Gasteiger partial charge in [-0.1, -0.05) is 12.1 Å². The molecule has 0 saturated carbocycles. The number of aryl methyl sites for hydroxylation is 1. The molecule has 1 rings (SSSR count). The van der Waals surface area contributed by atoms with Crippen LogP contribution in [0.15, 0.2) is 18.2 Å². The highest BCUT2D eigenvalue weighted by atomic mass is 19.1. The first-order valence-corrected chi connectivity index (χ1v) is 6.21. The maximum atomic E-state index is 13.8. The zero-order valence-corrected chi connectivity index (χ0v) is 11.4. The number of amides is 2. The molecule has 108 valence electrons. The van der Waals surface area contributed by atoms with Gasteiger partial charge in [0.2, 0.25) is 5.91 Å². The number of nitrogens with one attached hydrogen (secondary N) is 2. The van der Waals surface area contributed by atoms with Gasteiger partial charge in [-0.25, -0.2) is 4.39 Å². The van der Waals surface area contributed by atoms with E-state index in [1.54, 1.807) is 19.1 Å². The fourth-order valence-corrected chi connectivity index (χ4v) is 1.65. The topological polar surface area (TPSA) is 75.3 Å². The molecule has 5 nitrogen and oxygen atoms in total. The molecule has 2 amide bonds. The van der Waals surface area contributed by atoms with Crippen LogP contribution in [0.3, 0.4) is 0 Å². The lowest BCUT2D eigenvalue weighted by molar-refractivity contribution is -0.120. The van der Waals surface area contributed by atoms with Gasteiger partial charge in [0.15, 0.2) is 0 Å². The van der Waals surface area contributed by atoms with Crippen molar-refractivity contribution in [1.29, 1.82) is 0 Å². The molecular formula is C14H17FN2O3. The summed E-state index contributed by atoms with van der Waals surface area (Å²) in [6, 6.07) is 3.64. The first-order chi connectivity index (χ1) is 9.49. The van der Waals surface area contributed by atoms with Gasteiger partial charge in [0.05, 0.1) is 11.6 Å². The first-order valence-electron chi connectivity index (χ1n) is 6.21. The number of rotatable bonds is 6. The summed E-state index contributed by atoms with van der Waals surface area (Å²) in [5.74, 6) is -1.51. The quantitative estimate of drug-likeness (QED) is 0.762. The van der Waals surface area contributed by atoms with Crippen LogP contribution < -0.4 is 10.6 Å². The molecule has 1 aromatic carbocycles. The Labute approximate surface area is 116 Å². The molecule has 0 bridgehead atoms. The standard InChI is InChI=1S/C14H17FN2O3/c1-9-4-3-5-11(13(9)15)14(20)17-10(8-18)6-7-12(19)16-2/h3-5,8,10H,6-7H2,1-2H3,(H,16,19)(H,17,20). The van der Waals surface area contributed by atoms with Crippen molar-refractivity contribution in [2.45, 2.75) is 25.8 Å². The van der Waals surface area contributed by atoms with Gasteiger partial charge >= 0.3 is 0 Å². The van der Waals surface area contributed by atoms with E-state index in [1.807, 2.05) is 0 Å². The van der Waals surface area contributed by atoms with E-state index in [0.717, 1.165) is 0 Å². The first kappa shape index (κ1) is 15.8. The molecule has 0 aliphatic carbocycles. The predicted octanol–water partition coefficient (Wildman–Crippen LogP) is 0.958. The summed E-state index contributed by atoms with van der Waals surface area (Å²) in [6.07, 6.45) is 0.813. The Kier molecular flexibility index (Phi) is 5.83. The number of aldehydes is 1. The molecule has 0 heterocycles. The second kappa shape index (κ2) is 7.37. The molecule has 1 unspecified atom stereocenters. The van der Waals surface area contributed by atoms with Crippen molar-refractivity contribution in [3.8, 4) is 0 Å². The van der Waals surface area contributed by atoms with Gasteiger partial charge < -0.3 is 15.4 Å². The summed E-state index contributed by atoms with van der Waals surface area (Å²) in [5.41, 5.74) is 0.238. The van der Waals surface area contributed by atoms with E-state index in [-0.39, 0.29) is 24.3 Å². The van der Waals surface area contributed by atoms with E-state index in [4.69, 9.17) is 0 Å². The van der Waals surface area contributed by atoms with Crippen molar-refractivity contribution in [2.75, 3.05) is 7.05 Å². The minimum Gasteiger partial charge on any atom is -0.359 e. The third-order valence-corrected chi connectivity index (χ3v) is 2.88. The van der Waals surface area contributed by atoms with Crippen molar-refractivity contribution in [1.82, 2.24) is 10.6 Å². The summed E-state index contributed by atoms with van der Waals surface area (Å²) in [7, 11) is 1.49. The number of carbonyl (C=O) groups excluding carboxylic acids is 3. The minimum atomic E-state index is -0.820. The van der Waals surface area contributed by atoms with Crippen LogP contribution in [0, 0.1) is 12.7 Å². The average Bonchev–Trinajstić information content (AvgIpc) is 2.45. The SMILES string of the molecule is CNC(=O)CCC(C=O)NC(=O)c1cccc(C)c1F. The maximum Gasteiger partial charge on any atom is 0.254 e. The van der Waals surface area contributed by atoms with Gasteiger partial charge in [-0.2, -0.15) is 0 Å². The van der Waals surface area contributed by atoms with Crippen molar-refractivity contribution in [3.05, 3.63) is 35.1 Å². The Morgan fingerprint density at radius 1 is 1.40 bits per heavy atom. The predicted molar refractivity (Wildman–Crippen MR) is 71.8 cm³/mol. The molecule has 0 aliphatic heterocycles. The van der Waals surface area contributed by atoms with Crippen LogP contribution in [0.4, 0.5) is 4.39 Å². The Hall–Kier alpha value is -2.24. The van der Waals surface area contributed by atoms with Gasteiger partial charge in [-0.15, -0.1) is 0 Å². The van der Waals surface area contributed by atoms with Crippen molar-refractivity contribution < 1.29 is 18.8 Å². The van der Waals surface area contributed by atoms with Crippen LogP contribution in [-0.4, -0.2) is 31.2 Å². The molecule has 0 saturated heterocycles. The van der Waals surface area contributed by atoms with Crippen LogP contribution in [0.2, 0.25) is 0 Å². The lowest BCUT2D eigenvalue weighted by atomic mass is 10.1. The molecule has 2 N–H and O–H groups in total. The Balaban J connectivity index is 2.70. The molecule has 0 fully saturated rings. The van der Waals surface area contributed by atoms with E-state index in [9.17, 15) is 18.8 Å². The number of halogens is 1. The molecule has 0 aliphatic rings. The fraction of sp³-hybridized carbons (Fsp3) is 0.357. The smallest absolute Gasteiger partial charge is 0.254 e. The third kappa shape index (κ3) is 4.15. The molecule has 1 atom stereocenters. The zero-order valence-electron chi connectivity index (χ0n) is 11.4. The number of hydrogen-bond acceptors (Lipinski definition) is 3. The van der Waals surface area contributed by atoms with Crippen molar-refractivity contribution >= 4 is 18.1 Å². The number of hydrogen-bond donors (Lipinski definition) is 2. The lowest BCUT2D eigenvalue weighted by Crippen LogP contribution is -2.37. The summed E-state index contributed by atoms with van der Waals surface area (Å²) in [4.78, 5) is 33.9. The maximum absolute atomic E-state index is 13.8. The summed E-state index contributed by atoms with van der Waals surface area (Å²) in [6.45, 7) is 1.55. The van der Waals surface area contributed by atoms with Gasteiger partial charge in [0.1, 0.15) is 12.1 Å². The second-order valence-corrected chi connectivity index (χ2v) is 4.36. The summed E-state index contributed by atoms with van der Waals surface area (Å²) in [5, 5.41) is 4.82. The van der Waals surface area contributed by atoms with Crippen LogP contribution >= 0.6 is 0 Å². The summed E-state index contributed by atoms with van der Waals surface area (Å²) >= 11 is 0. The largest absolute Gasteiger partial charge is 0.359 e. The van der Waals surface area contributed by atoms with Crippen LogP contribution in [0.1, 0.15) is 28.8 Å². The highest BCUT2D eigenvalue weighted by Gasteiger charge is 2.17. The minimum absolute atomic E-state index is 0.108. The molecule has 20 heavy (non-hydrogen) atoms. The van der Waals surface area contributed by atoms with E-state index in [1.165, 1.54) is 13.1 Å². The highest BCUT2D eigenvalue weighted by molar-refractivity contribution is 5.96. The van der Waals surface area contributed by atoms with Gasteiger partial charge in [-0.3, -0.25) is 9.59 Å². The Bertz CT molecular complexity index is 517. The molecular weight excluding hydrogens is 263 g/mol. The van der Waals surface area contributed by atoms with E-state index >= 15 is 0 Å². The van der Waals surface area contributed by atoms with Crippen LogP contribution in [0.5, 0.6) is 0 Å². The highest BCUT2D eigenvalue weighted by Crippen LogP contribution is 2.12. The van der Waals surface area contributed by atoms with Crippen molar-refractivity contribution in [2.24, 2.45) is 0 Å². The van der Waals surface area contributed by atoms with E-state index in [2.05, 4.69) is 10.6 Å². The van der Waals surface area contributed by atoms with E-state index in [0.29, 0.717) is 11.8 Å². The molecule has 0 aromatic heterocycles. The lowest BCUT2D eigenvalue weighted by Gasteiger charge is -2.13. The molecule has 6 heteroatoms. The third-order valence-electron chi connectivity index (χ3n) is 2.88. The van der Waals surface area contributed by atoms with Gasteiger partial charge in [-0.05, 0) is 25.0 Å². The number of carbonyl (C=O) groups is 3. The summed E-state index contributed by atoms with van der Waals surface area (Å²) < 4.78 is 13.8. The van der Waals surface area contributed by atoms with Gasteiger partial charge in [0, 0.05) is 13.5 Å². The monoisotopic (exact) mass is 280 g/mol. The molecule has 0 radical (unpaired) electrons. The van der Waals surface area contributed by atoms with Gasteiger partial charge in [0.25, 0.3) is 5.91 Å². The normalized spacial score (nSPS) is 11.6.